The lowest BCUT2D eigenvalue weighted by atomic mass is 10.0. The number of methoxy groups -OCH3 is 1. The number of halogens is 3. The molecule has 0 aromatic heterocycles. The number of rotatable bonds is 2. The van der Waals surface area contributed by atoms with Gasteiger partial charge in [0.2, 0.25) is 0 Å². The zero-order valence-electron chi connectivity index (χ0n) is 9.51. The molecule has 0 spiro atoms. The number of nitrogen functional groups attached to an aromatic ring is 1. The molecule has 2 aromatic rings. The molecule has 0 bridgehead atoms. The van der Waals surface area contributed by atoms with Crippen molar-refractivity contribution >= 4 is 5.69 Å². The van der Waals surface area contributed by atoms with Crippen molar-refractivity contribution in [1.82, 2.24) is 0 Å². The Morgan fingerprint density at radius 2 is 1.56 bits per heavy atom. The Bertz CT molecular complexity index is 576. The molecule has 0 saturated heterocycles. The lowest BCUT2D eigenvalue weighted by Crippen LogP contribution is -1.97. The minimum Gasteiger partial charge on any atom is -0.497 e. The van der Waals surface area contributed by atoms with Gasteiger partial charge in [0.1, 0.15) is 28.9 Å². The maximum atomic E-state index is 13.6. The van der Waals surface area contributed by atoms with E-state index in [1.54, 1.807) is 0 Å². The number of ether oxygens (including phenoxy) is 1. The molecule has 0 aliphatic rings. The van der Waals surface area contributed by atoms with Gasteiger partial charge in [-0.3, -0.25) is 0 Å². The minimum atomic E-state index is -0.924. The fraction of sp³-hybridized carbons (Fsp3) is 0.0769. The van der Waals surface area contributed by atoms with Gasteiger partial charge in [-0.15, -0.1) is 0 Å². The van der Waals surface area contributed by atoms with Crippen LogP contribution in [0.4, 0.5) is 18.9 Å². The van der Waals surface area contributed by atoms with E-state index in [0.717, 1.165) is 12.1 Å². The van der Waals surface area contributed by atoms with Crippen molar-refractivity contribution in [2.75, 3.05) is 12.8 Å². The van der Waals surface area contributed by atoms with E-state index in [1.165, 1.54) is 25.3 Å². The summed E-state index contributed by atoms with van der Waals surface area (Å²) in [5, 5.41) is 0. The Balaban J connectivity index is 2.61. The lowest BCUT2D eigenvalue weighted by molar-refractivity contribution is 0.414. The van der Waals surface area contributed by atoms with Crippen LogP contribution in [0.1, 0.15) is 0 Å². The highest BCUT2D eigenvalue weighted by Crippen LogP contribution is 2.30. The first-order valence-electron chi connectivity index (χ1n) is 5.11. The monoisotopic (exact) mass is 253 g/mol. The van der Waals surface area contributed by atoms with E-state index in [-0.39, 0.29) is 11.1 Å². The summed E-state index contributed by atoms with van der Waals surface area (Å²) < 4.78 is 45.2. The van der Waals surface area contributed by atoms with Crippen molar-refractivity contribution < 1.29 is 17.9 Å². The third-order valence-electron chi connectivity index (χ3n) is 2.56. The topological polar surface area (TPSA) is 35.2 Å². The summed E-state index contributed by atoms with van der Waals surface area (Å²) in [6, 6.07) is 5.91. The second-order valence-electron chi connectivity index (χ2n) is 3.70. The van der Waals surface area contributed by atoms with Crippen molar-refractivity contribution in [3.63, 3.8) is 0 Å². The van der Waals surface area contributed by atoms with Crippen LogP contribution in [0.15, 0.2) is 30.3 Å². The second kappa shape index (κ2) is 4.60. The second-order valence-corrected chi connectivity index (χ2v) is 3.70. The first kappa shape index (κ1) is 12.3. The van der Waals surface area contributed by atoms with Crippen LogP contribution < -0.4 is 10.5 Å². The molecule has 0 saturated carbocycles. The number of hydrogen-bond acceptors (Lipinski definition) is 2. The van der Waals surface area contributed by atoms with E-state index in [9.17, 15) is 13.2 Å². The maximum Gasteiger partial charge on any atom is 0.149 e. The van der Waals surface area contributed by atoms with Gasteiger partial charge in [0.15, 0.2) is 0 Å². The van der Waals surface area contributed by atoms with Crippen LogP contribution in [-0.2, 0) is 0 Å². The number of nitrogens with two attached hydrogens (primary N) is 1. The van der Waals surface area contributed by atoms with E-state index in [2.05, 4.69) is 0 Å². The average Bonchev–Trinajstić information content (AvgIpc) is 2.36. The van der Waals surface area contributed by atoms with Crippen molar-refractivity contribution in [2.45, 2.75) is 0 Å². The van der Waals surface area contributed by atoms with Gasteiger partial charge in [0.25, 0.3) is 0 Å². The molecule has 0 atom stereocenters. The van der Waals surface area contributed by atoms with Crippen molar-refractivity contribution in [2.24, 2.45) is 0 Å². The van der Waals surface area contributed by atoms with Gasteiger partial charge in [0, 0.05) is 5.56 Å². The normalized spacial score (nSPS) is 10.4. The summed E-state index contributed by atoms with van der Waals surface area (Å²) in [4.78, 5) is 0. The fourth-order valence-corrected chi connectivity index (χ4v) is 1.59. The highest BCUT2D eigenvalue weighted by atomic mass is 19.1. The molecule has 0 amide bonds. The van der Waals surface area contributed by atoms with Crippen LogP contribution in [0.5, 0.6) is 5.75 Å². The largest absolute Gasteiger partial charge is 0.497 e. The van der Waals surface area contributed by atoms with E-state index < -0.39 is 23.1 Å². The van der Waals surface area contributed by atoms with Crippen LogP contribution >= 0.6 is 0 Å². The third kappa shape index (κ3) is 2.11. The summed E-state index contributed by atoms with van der Waals surface area (Å²) in [5.41, 5.74) is 4.69. The first-order valence-corrected chi connectivity index (χ1v) is 5.11. The molecular weight excluding hydrogens is 243 g/mol. The summed E-state index contributed by atoms with van der Waals surface area (Å²) in [6.45, 7) is 0. The predicted molar refractivity (Wildman–Crippen MR) is 62.7 cm³/mol. The van der Waals surface area contributed by atoms with Crippen LogP contribution in [0.3, 0.4) is 0 Å². The predicted octanol–water partition coefficient (Wildman–Crippen LogP) is 3.36. The average molecular weight is 253 g/mol. The molecular formula is C13H10F3NO. The zero-order chi connectivity index (χ0) is 13.3. The smallest absolute Gasteiger partial charge is 0.149 e. The summed E-state index contributed by atoms with van der Waals surface area (Å²) in [6.07, 6.45) is 0. The molecule has 2 N–H and O–H groups in total. The van der Waals surface area contributed by atoms with Gasteiger partial charge in [-0.1, -0.05) is 0 Å². The van der Waals surface area contributed by atoms with E-state index >= 15 is 0 Å². The Morgan fingerprint density at radius 3 is 2.11 bits per heavy atom. The molecule has 2 aromatic carbocycles. The molecule has 0 radical (unpaired) electrons. The molecule has 0 fully saturated rings. The van der Waals surface area contributed by atoms with Gasteiger partial charge >= 0.3 is 0 Å². The standard InChI is InChI=1S/C13H10F3NO/c1-18-8-2-3-10(14)9(6-8)7-4-11(15)13(17)12(16)5-7/h2-6H,17H2,1H3. The van der Waals surface area contributed by atoms with Crippen LogP contribution in [-0.4, -0.2) is 7.11 Å². The van der Waals surface area contributed by atoms with E-state index in [1.807, 2.05) is 0 Å². The third-order valence-corrected chi connectivity index (χ3v) is 2.56. The Labute approximate surface area is 102 Å². The van der Waals surface area contributed by atoms with Crippen molar-refractivity contribution in [3.05, 3.63) is 47.8 Å². The Hall–Kier alpha value is -2.17. The van der Waals surface area contributed by atoms with E-state index in [4.69, 9.17) is 10.5 Å². The van der Waals surface area contributed by atoms with Gasteiger partial charge in [-0.25, -0.2) is 13.2 Å². The van der Waals surface area contributed by atoms with Gasteiger partial charge in [-0.05, 0) is 35.9 Å². The van der Waals surface area contributed by atoms with Crippen molar-refractivity contribution in [3.8, 4) is 16.9 Å². The number of anilines is 1. The highest BCUT2D eigenvalue weighted by Gasteiger charge is 2.12. The highest BCUT2D eigenvalue weighted by molar-refractivity contribution is 5.68. The van der Waals surface area contributed by atoms with Gasteiger partial charge in [-0.2, -0.15) is 0 Å². The first-order chi connectivity index (χ1) is 8.52. The lowest BCUT2D eigenvalue weighted by Gasteiger charge is -2.08. The van der Waals surface area contributed by atoms with Crippen LogP contribution in [0.2, 0.25) is 0 Å². The molecule has 0 aliphatic carbocycles. The van der Waals surface area contributed by atoms with Crippen LogP contribution in [0.25, 0.3) is 11.1 Å². The summed E-state index contributed by atoms with van der Waals surface area (Å²) in [5.74, 6) is -2.05. The summed E-state index contributed by atoms with van der Waals surface area (Å²) in [7, 11) is 1.42. The van der Waals surface area contributed by atoms with Gasteiger partial charge < -0.3 is 10.5 Å². The quantitative estimate of drug-likeness (QED) is 0.833. The summed E-state index contributed by atoms with van der Waals surface area (Å²) >= 11 is 0. The fourth-order valence-electron chi connectivity index (χ4n) is 1.59. The molecule has 2 nitrogen and oxygen atoms in total. The molecule has 94 valence electrons. The molecule has 5 heteroatoms. The Morgan fingerprint density at radius 1 is 0.944 bits per heavy atom. The van der Waals surface area contributed by atoms with Crippen LogP contribution in [0, 0.1) is 17.5 Å². The van der Waals surface area contributed by atoms with Crippen molar-refractivity contribution in [1.29, 1.82) is 0 Å². The number of hydrogen-bond donors (Lipinski definition) is 1. The van der Waals surface area contributed by atoms with Gasteiger partial charge in [0.05, 0.1) is 7.11 Å². The Kier molecular flexibility index (Phi) is 3.14. The zero-order valence-corrected chi connectivity index (χ0v) is 9.51. The minimum absolute atomic E-state index is 0.0483. The molecule has 0 unspecified atom stereocenters. The maximum absolute atomic E-state index is 13.6. The molecule has 18 heavy (non-hydrogen) atoms. The molecule has 0 aliphatic heterocycles. The number of benzene rings is 2. The van der Waals surface area contributed by atoms with E-state index in [0.29, 0.717) is 5.75 Å². The molecule has 0 heterocycles. The SMILES string of the molecule is COc1ccc(F)c(-c2cc(F)c(N)c(F)c2)c1. The molecule has 2 rings (SSSR count).